The van der Waals surface area contributed by atoms with E-state index in [1.54, 1.807) is 5.56 Å². The van der Waals surface area contributed by atoms with Crippen molar-refractivity contribution < 1.29 is 0 Å². The Morgan fingerprint density at radius 2 is 1.84 bits per heavy atom. The fraction of sp³-hybridized carbons (Fsp3) is 0.667. The Balaban J connectivity index is 1.75. The standard InChI is InChI=1S/C18H29N/c1-14(2)7-6-8-15(3)19-13-17-9-4-5-10-18(17)16-11-12-16/h4-5,9-10,14-16,19H,6-8,11-13H2,1-3H3. The second-order valence-corrected chi connectivity index (χ2v) is 6.58. The van der Waals surface area contributed by atoms with Crippen molar-refractivity contribution in [2.45, 2.75) is 71.4 Å². The van der Waals surface area contributed by atoms with Crippen LogP contribution in [0.2, 0.25) is 0 Å². The van der Waals surface area contributed by atoms with Gasteiger partial charge in [0, 0.05) is 12.6 Å². The van der Waals surface area contributed by atoms with E-state index in [1.807, 2.05) is 0 Å². The first-order valence-electron chi connectivity index (χ1n) is 7.98. The van der Waals surface area contributed by atoms with Crippen LogP contribution in [0.4, 0.5) is 0 Å². The number of hydrogen-bond acceptors (Lipinski definition) is 1. The molecule has 19 heavy (non-hydrogen) atoms. The highest BCUT2D eigenvalue weighted by Gasteiger charge is 2.25. The summed E-state index contributed by atoms with van der Waals surface area (Å²) >= 11 is 0. The molecular weight excluding hydrogens is 230 g/mol. The first-order valence-corrected chi connectivity index (χ1v) is 7.98. The van der Waals surface area contributed by atoms with Crippen molar-refractivity contribution in [3.8, 4) is 0 Å². The molecule has 1 aliphatic carbocycles. The summed E-state index contributed by atoms with van der Waals surface area (Å²) < 4.78 is 0. The van der Waals surface area contributed by atoms with E-state index in [0.29, 0.717) is 6.04 Å². The zero-order valence-electron chi connectivity index (χ0n) is 12.8. The lowest BCUT2D eigenvalue weighted by atomic mass is 10.0. The van der Waals surface area contributed by atoms with Crippen molar-refractivity contribution in [2.75, 3.05) is 0 Å². The highest BCUT2D eigenvalue weighted by atomic mass is 14.9. The van der Waals surface area contributed by atoms with Gasteiger partial charge in [-0.15, -0.1) is 0 Å². The second kappa shape index (κ2) is 7.09. The van der Waals surface area contributed by atoms with Gasteiger partial charge in [0.2, 0.25) is 0 Å². The Kier molecular flexibility index (Phi) is 5.45. The van der Waals surface area contributed by atoms with Crippen molar-refractivity contribution in [3.63, 3.8) is 0 Å². The Bertz CT molecular complexity index is 379. The van der Waals surface area contributed by atoms with Crippen LogP contribution >= 0.6 is 0 Å². The molecule has 1 heteroatoms. The predicted octanol–water partition coefficient (Wildman–Crippen LogP) is 4.87. The van der Waals surface area contributed by atoms with Gasteiger partial charge in [-0.25, -0.2) is 0 Å². The summed E-state index contributed by atoms with van der Waals surface area (Å²) in [5.74, 6) is 1.69. The van der Waals surface area contributed by atoms with Gasteiger partial charge < -0.3 is 5.32 Å². The molecule has 0 amide bonds. The summed E-state index contributed by atoms with van der Waals surface area (Å²) in [5.41, 5.74) is 3.10. The van der Waals surface area contributed by atoms with Crippen LogP contribution in [0.1, 0.15) is 69.9 Å². The summed E-state index contributed by atoms with van der Waals surface area (Å²) in [6.45, 7) is 7.98. The summed E-state index contributed by atoms with van der Waals surface area (Å²) in [6.07, 6.45) is 6.77. The smallest absolute Gasteiger partial charge is 0.0210 e. The molecule has 1 atom stereocenters. The van der Waals surface area contributed by atoms with E-state index in [-0.39, 0.29) is 0 Å². The molecule has 0 aliphatic heterocycles. The molecule has 2 rings (SSSR count). The molecule has 106 valence electrons. The molecule has 1 fully saturated rings. The van der Waals surface area contributed by atoms with Gasteiger partial charge in [-0.3, -0.25) is 0 Å². The quantitative estimate of drug-likeness (QED) is 0.702. The molecule has 0 aromatic heterocycles. The molecule has 1 nitrogen and oxygen atoms in total. The van der Waals surface area contributed by atoms with Gasteiger partial charge in [0.1, 0.15) is 0 Å². The lowest BCUT2D eigenvalue weighted by molar-refractivity contribution is 0.456. The maximum Gasteiger partial charge on any atom is 0.0210 e. The van der Waals surface area contributed by atoms with Gasteiger partial charge in [-0.05, 0) is 49.1 Å². The SMILES string of the molecule is CC(C)CCCC(C)NCc1ccccc1C1CC1. The Morgan fingerprint density at radius 3 is 2.53 bits per heavy atom. The highest BCUT2D eigenvalue weighted by Crippen LogP contribution is 2.41. The van der Waals surface area contributed by atoms with Gasteiger partial charge in [0.15, 0.2) is 0 Å². The molecule has 0 heterocycles. The number of nitrogens with one attached hydrogen (secondary N) is 1. The summed E-state index contributed by atoms with van der Waals surface area (Å²) in [5, 5.41) is 3.70. The van der Waals surface area contributed by atoms with Gasteiger partial charge in [-0.1, -0.05) is 51.0 Å². The first-order chi connectivity index (χ1) is 9.16. The van der Waals surface area contributed by atoms with Gasteiger partial charge >= 0.3 is 0 Å². The molecule has 1 N–H and O–H groups in total. The molecular formula is C18H29N. The van der Waals surface area contributed by atoms with E-state index >= 15 is 0 Å². The molecule has 0 saturated heterocycles. The Morgan fingerprint density at radius 1 is 1.11 bits per heavy atom. The number of benzene rings is 1. The second-order valence-electron chi connectivity index (χ2n) is 6.58. The van der Waals surface area contributed by atoms with Crippen molar-refractivity contribution in [1.29, 1.82) is 0 Å². The fourth-order valence-electron chi connectivity index (χ4n) is 2.71. The Hall–Kier alpha value is -0.820. The Labute approximate surface area is 118 Å². The molecule has 0 bridgehead atoms. The van der Waals surface area contributed by atoms with Crippen LogP contribution in [-0.4, -0.2) is 6.04 Å². The first kappa shape index (κ1) is 14.6. The van der Waals surface area contributed by atoms with Crippen molar-refractivity contribution in [3.05, 3.63) is 35.4 Å². The molecule has 1 aliphatic rings. The molecule has 1 saturated carbocycles. The zero-order chi connectivity index (χ0) is 13.7. The molecule has 0 spiro atoms. The summed E-state index contributed by atoms with van der Waals surface area (Å²) in [4.78, 5) is 0. The van der Waals surface area contributed by atoms with Crippen LogP contribution in [-0.2, 0) is 6.54 Å². The topological polar surface area (TPSA) is 12.0 Å². The van der Waals surface area contributed by atoms with Crippen LogP contribution in [0.15, 0.2) is 24.3 Å². The van der Waals surface area contributed by atoms with Crippen molar-refractivity contribution in [2.24, 2.45) is 5.92 Å². The maximum absolute atomic E-state index is 3.70. The van der Waals surface area contributed by atoms with Gasteiger partial charge in [-0.2, -0.15) is 0 Å². The van der Waals surface area contributed by atoms with Crippen molar-refractivity contribution >= 4 is 0 Å². The number of hydrogen-bond donors (Lipinski definition) is 1. The molecule has 1 aromatic carbocycles. The van der Waals surface area contributed by atoms with Crippen LogP contribution < -0.4 is 5.32 Å². The lowest BCUT2D eigenvalue weighted by Crippen LogP contribution is -2.25. The highest BCUT2D eigenvalue weighted by molar-refractivity contribution is 5.33. The third kappa shape index (κ3) is 4.99. The minimum atomic E-state index is 0.631. The monoisotopic (exact) mass is 259 g/mol. The minimum Gasteiger partial charge on any atom is -0.310 e. The van der Waals surface area contributed by atoms with E-state index in [9.17, 15) is 0 Å². The lowest BCUT2D eigenvalue weighted by Gasteiger charge is -2.16. The van der Waals surface area contributed by atoms with E-state index in [0.717, 1.165) is 18.4 Å². The zero-order valence-corrected chi connectivity index (χ0v) is 12.8. The predicted molar refractivity (Wildman–Crippen MR) is 83.4 cm³/mol. The summed E-state index contributed by atoms with van der Waals surface area (Å²) in [6, 6.07) is 9.60. The van der Waals surface area contributed by atoms with Crippen LogP contribution in [0.25, 0.3) is 0 Å². The third-order valence-electron chi connectivity index (χ3n) is 4.13. The van der Waals surface area contributed by atoms with E-state index in [1.165, 1.54) is 37.7 Å². The summed E-state index contributed by atoms with van der Waals surface area (Å²) in [7, 11) is 0. The minimum absolute atomic E-state index is 0.631. The van der Waals surface area contributed by atoms with E-state index in [4.69, 9.17) is 0 Å². The van der Waals surface area contributed by atoms with Crippen molar-refractivity contribution in [1.82, 2.24) is 5.32 Å². The van der Waals surface area contributed by atoms with Gasteiger partial charge in [0.05, 0.1) is 0 Å². The van der Waals surface area contributed by atoms with Crippen LogP contribution in [0.3, 0.4) is 0 Å². The van der Waals surface area contributed by atoms with E-state index < -0.39 is 0 Å². The normalized spacial score (nSPS) is 16.8. The van der Waals surface area contributed by atoms with Crippen LogP contribution in [0.5, 0.6) is 0 Å². The van der Waals surface area contributed by atoms with E-state index in [2.05, 4.69) is 50.4 Å². The third-order valence-corrected chi connectivity index (χ3v) is 4.13. The average Bonchev–Trinajstić information content (AvgIpc) is 3.20. The molecule has 1 aromatic rings. The van der Waals surface area contributed by atoms with Crippen LogP contribution in [0, 0.1) is 5.92 Å². The largest absolute Gasteiger partial charge is 0.310 e. The molecule has 0 radical (unpaired) electrons. The maximum atomic E-state index is 3.70. The average molecular weight is 259 g/mol. The molecule has 1 unspecified atom stereocenters. The van der Waals surface area contributed by atoms with Gasteiger partial charge in [0.25, 0.3) is 0 Å². The fourth-order valence-corrected chi connectivity index (χ4v) is 2.71. The number of rotatable bonds is 8.